The summed E-state index contributed by atoms with van der Waals surface area (Å²) in [5.74, 6) is 0.794. The van der Waals surface area contributed by atoms with Gasteiger partial charge in [0.2, 0.25) is 5.91 Å². The number of rotatable bonds is 4. The maximum absolute atomic E-state index is 12.2. The maximum atomic E-state index is 12.2. The summed E-state index contributed by atoms with van der Waals surface area (Å²) >= 11 is 1.85. The van der Waals surface area contributed by atoms with Gasteiger partial charge in [-0.1, -0.05) is 13.3 Å². The molecule has 4 atom stereocenters. The van der Waals surface area contributed by atoms with Crippen molar-refractivity contribution in [3.05, 3.63) is 0 Å². The molecule has 1 saturated heterocycles. The Hall–Kier alpha value is -0.710. The molecular formula is C13H21NO3S. The Morgan fingerprint density at radius 2 is 2.06 bits per heavy atom. The van der Waals surface area contributed by atoms with Crippen LogP contribution in [-0.2, 0) is 9.59 Å². The zero-order chi connectivity index (χ0) is 13.1. The Morgan fingerprint density at radius 3 is 2.61 bits per heavy atom. The molecule has 18 heavy (non-hydrogen) atoms. The second-order valence-electron chi connectivity index (χ2n) is 5.37. The van der Waals surface area contributed by atoms with Gasteiger partial charge in [-0.3, -0.25) is 9.59 Å². The van der Waals surface area contributed by atoms with Crippen molar-refractivity contribution < 1.29 is 14.7 Å². The number of carbonyl (C=O) groups excluding carboxylic acids is 1. The molecule has 0 radical (unpaired) electrons. The summed E-state index contributed by atoms with van der Waals surface area (Å²) < 4.78 is 0. The number of thioether (sulfide) groups is 1. The fraction of sp³-hybridized carbons (Fsp3) is 0.846. The normalized spacial score (nSPS) is 35.6. The average Bonchev–Trinajstić information content (AvgIpc) is 2.96. The third-order valence-corrected chi connectivity index (χ3v) is 5.33. The van der Waals surface area contributed by atoms with Gasteiger partial charge in [0.1, 0.15) is 0 Å². The predicted molar refractivity (Wildman–Crippen MR) is 71.5 cm³/mol. The highest BCUT2D eigenvalue weighted by atomic mass is 32.2. The molecule has 1 heterocycles. The van der Waals surface area contributed by atoms with E-state index >= 15 is 0 Å². The summed E-state index contributed by atoms with van der Waals surface area (Å²) in [4.78, 5) is 23.4. The average molecular weight is 271 g/mol. The topological polar surface area (TPSA) is 66.4 Å². The molecule has 1 aliphatic heterocycles. The van der Waals surface area contributed by atoms with E-state index < -0.39 is 11.9 Å². The fourth-order valence-corrected chi connectivity index (χ4v) is 4.15. The Bertz CT molecular complexity index is 328. The summed E-state index contributed by atoms with van der Waals surface area (Å²) in [6.07, 6.45) is 3.37. The first kappa shape index (κ1) is 13.7. The van der Waals surface area contributed by atoms with Crippen LogP contribution in [0.15, 0.2) is 0 Å². The molecule has 0 aromatic carbocycles. The molecule has 5 heteroatoms. The van der Waals surface area contributed by atoms with Crippen LogP contribution in [-0.4, -0.2) is 34.5 Å². The van der Waals surface area contributed by atoms with E-state index in [1.54, 1.807) is 0 Å². The van der Waals surface area contributed by atoms with Crippen molar-refractivity contribution in [2.24, 2.45) is 17.8 Å². The number of amides is 1. The van der Waals surface area contributed by atoms with Crippen LogP contribution in [0.2, 0.25) is 0 Å². The largest absolute Gasteiger partial charge is 0.481 e. The standard InChI is InChI=1S/C13H21NO3S/c1-2-8-5-10(11(6-8)13(16)17)12(15)14-9-3-4-18-7-9/h8-11H,2-7H2,1H3,(H,14,15)(H,16,17)/t8?,9?,10-,11+/m0/s1. The maximum Gasteiger partial charge on any atom is 0.307 e. The Morgan fingerprint density at radius 1 is 1.33 bits per heavy atom. The van der Waals surface area contributed by atoms with E-state index in [-0.39, 0.29) is 17.9 Å². The lowest BCUT2D eigenvalue weighted by Crippen LogP contribution is -2.41. The molecule has 0 spiro atoms. The highest BCUT2D eigenvalue weighted by molar-refractivity contribution is 7.99. The van der Waals surface area contributed by atoms with E-state index in [2.05, 4.69) is 12.2 Å². The van der Waals surface area contributed by atoms with Crippen molar-refractivity contribution in [1.82, 2.24) is 5.32 Å². The smallest absolute Gasteiger partial charge is 0.307 e. The van der Waals surface area contributed by atoms with Crippen LogP contribution in [0.1, 0.15) is 32.6 Å². The van der Waals surface area contributed by atoms with Crippen LogP contribution in [0.3, 0.4) is 0 Å². The molecule has 0 bridgehead atoms. The lowest BCUT2D eigenvalue weighted by atomic mass is 9.95. The Kier molecular flexibility index (Phi) is 4.54. The first-order valence-electron chi connectivity index (χ1n) is 6.72. The van der Waals surface area contributed by atoms with Crippen molar-refractivity contribution in [3.63, 3.8) is 0 Å². The minimum absolute atomic E-state index is 0.0362. The van der Waals surface area contributed by atoms with Crippen LogP contribution in [0.5, 0.6) is 0 Å². The molecule has 1 saturated carbocycles. The molecule has 2 aliphatic rings. The molecule has 2 rings (SSSR count). The molecular weight excluding hydrogens is 250 g/mol. The van der Waals surface area contributed by atoms with Gasteiger partial charge in [-0.05, 0) is 30.9 Å². The van der Waals surface area contributed by atoms with Crippen molar-refractivity contribution in [1.29, 1.82) is 0 Å². The van der Waals surface area contributed by atoms with E-state index in [9.17, 15) is 14.7 Å². The summed E-state index contributed by atoms with van der Waals surface area (Å²) in [6, 6.07) is 0.248. The molecule has 1 aliphatic carbocycles. The lowest BCUT2D eigenvalue weighted by molar-refractivity contribution is -0.146. The first-order valence-corrected chi connectivity index (χ1v) is 7.88. The number of nitrogens with one attached hydrogen (secondary N) is 1. The van der Waals surface area contributed by atoms with Gasteiger partial charge < -0.3 is 10.4 Å². The molecule has 2 N–H and O–H groups in total. The summed E-state index contributed by atoms with van der Waals surface area (Å²) in [5, 5.41) is 12.2. The third-order valence-electron chi connectivity index (χ3n) is 4.17. The minimum Gasteiger partial charge on any atom is -0.481 e. The van der Waals surface area contributed by atoms with Gasteiger partial charge >= 0.3 is 5.97 Å². The summed E-state index contributed by atoms with van der Waals surface area (Å²) in [5.41, 5.74) is 0. The zero-order valence-electron chi connectivity index (χ0n) is 10.7. The van der Waals surface area contributed by atoms with Crippen molar-refractivity contribution in [2.75, 3.05) is 11.5 Å². The fourth-order valence-electron chi connectivity index (χ4n) is 3.00. The SMILES string of the molecule is CCC1C[C@H](C(=O)NC2CCSC2)[C@H](C(=O)O)C1. The quantitative estimate of drug-likeness (QED) is 0.817. The van der Waals surface area contributed by atoms with Crippen LogP contribution in [0.25, 0.3) is 0 Å². The molecule has 0 aromatic heterocycles. The third kappa shape index (κ3) is 2.99. The van der Waals surface area contributed by atoms with E-state index in [0.717, 1.165) is 30.8 Å². The van der Waals surface area contributed by atoms with Gasteiger partial charge in [0, 0.05) is 11.8 Å². The van der Waals surface area contributed by atoms with Crippen LogP contribution >= 0.6 is 11.8 Å². The van der Waals surface area contributed by atoms with Crippen molar-refractivity contribution in [2.45, 2.75) is 38.6 Å². The lowest BCUT2D eigenvalue weighted by Gasteiger charge is -2.18. The van der Waals surface area contributed by atoms with Crippen LogP contribution < -0.4 is 5.32 Å². The number of aliphatic carboxylic acids is 1. The van der Waals surface area contributed by atoms with Crippen molar-refractivity contribution in [3.8, 4) is 0 Å². The zero-order valence-corrected chi connectivity index (χ0v) is 11.5. The summed E-state index contributed by atoms with van der Waals surface area (Å²) in [6.45, 7) is 2.07. The van der Waals surface area contributed by atoms with E-state index in [0.29, 0.717) is 12.3 Å². The molecule has 0 aromatic rings. The second kappa shape index (κ2) is 5.95. The molecule has 2 unspecified atom stereocenters. The van der Waals surface area contributed by atoms with E-state index in [1.165, 1.54) is 0 Å². The van der Waals surface area contributed by atoms with Gasteiger partial charge in [-0.2, -0.15) is 11.8 Å². The van der Waals surface area contributed by atoms with Crippen LogP contribution in [0.4, 0.5) is 0 Å². The highest BCUT2D eigenvalue weighted by Gasteiger charge is 2.42. The molecule has 4 nitrogen and oxygen atoms in total. The van der Waals surface area contributed by atoms with Gasteiger partial charge in [0.05, 0.1) is 11.8 Å². The number of carboxylic acid groups (broad SMARTS) is 1. The van der Waals surface area contributed by atoms with Gasteiger partial charge in [0.15, 0.2) is 0 Å². The number of carboxylic acids is 1. The van der Waals surface area contributed by atoms with Crippen LogP contribution in [0, 0.1) is 17.8 Å². The minimum atomic E-state index is -0.813. The second-order valence-corrected chi connectivity index (χ2v) is 6.52. The monoisotopic (exact) mass is 271 g/mol. The molecule has 1 amide bonds. The number of carbonyl (C=O) groups is 2. The number of hydrogen-bond acceptors (Lipinski definition) is 3. The van der Waals surface area contributed by atoms with Gasteiger partial charge in [-0.15, -0.1) is 0 Å². The van der Waals surface area contributed by atoms with Crippen molar-refractivity contribution >= 4 is 23.6 Å². The van der Waals surface area contributed by atoms with Gasteiger partial charge in [-0.25, -0.2) is 0 Å². The predicted octanol–water partition coefficient (Wildman–Crippen LogP) is 1.75. The van der Waals surface area contributed by atoms with E-state index in [1.807, 2.05) is 11.8 Å². The van der Waals surface area contributed by atoms with Gasteiger partial charge in [0.25, 0.3) is 0 Å². The van der Waals surface area contributed by atoms with E-state index in [4.69, 9.17) is 0 Å². The molecule has 2 fully saturated rings. The first-order chi connectivity index (χ1) is 8.61. The Labute approximate surface area is 112 Å². The summed E-state index contributed by atoms with van der Waals surface area (Å²) in [7, 11) is 0. The highest BCUT2D eigenvalue weighted by Crippen LogP contribution is 2.38. The molecule has 102 valence electrons. The Balaban J connectivity index is 1.96. The number of hydrogen-bond donors (Lipinski definition) is 2.